The van der Waals surface area contributed by atoms with Crippen molar-refractivity contribution in [3.05, 3.63) is 62.3 Å². The quantitative estimate of drug-likeness (QED) is 0.728. The Labute approximate surface area is 161 Å². The van der Waals surface area contributed by atoms with E-state index in [9.17, 15) is 9.59 Å². The predicted molar refractivity (Wildman–Crippen MR) is 101 cm³/mol. The third kappa shape index (κ3) is 2.46. The maximum atomic E-state index is 16.2. The fourth-order valence-corrected chi connectivity index (χ4v) is 3.99. The average Bonchev–Trinajstić information content (AvgIpc) is 2.63. The largest absolute Gasteiger partial charge is 0.436 e. The summed E-state index contributed by atoms with van der Waals surface area (Å²) in [6.45, 7) is 0. The molecule has 7 nitrogen and oxygen atoms in total. The third-order valence-corrected chi connectivity index (χ3v) is 5.31. The zero-order valence-electron chi connectivity index (χ0n) is 16.7. The molecule has 1 atom stereocenters. The monoisotopic (exact) mass is 394 g/mol. The Balaban J connectivity index is 2.51. The van der Waals surface area contributed by atoms with E-state index in [1.54, 1.807) is 30.3 Å². The lowest BCUT2D eigenvalue weighted by Crippen LogP contribution is -2.74. The van der Waals surface area contributed by atoms with Crippen LogP contribution < -0.4 is 16.0 Å². The van der Waals surface area contributed by atoms with E-state index in [0.717, 1.165) is 9.13 Å². The highest BCUT2D eigenvalue weighted by atomic mass is 19.3. The van der Waals surface area contributed by atoms with Crippen molar-refractivity contribution in [3.8, 4) is 5.88 Å². The first-order chi connectivity index (χ1) is 13.0. The Bertz CT molecular complexity index is 1000. The zero-order chi connectivity index (χ0) is 21.0. The Hall–Kier alpha value is -2.52. The molecular weight excluding hydrogens is 370 g/mol. The van der Waals surface area contributed by atoms with Gasteiger partial charge in [0.1, 0.15) is 0 Å². The molecule has 0 spiro atoms. The molecule has 3 rings (SSSR count). The Kier molecular flexibility index (Phi) is 4.71. The number of nitrogens with zero attached hydrogens (tertiary/aromatic N) is 4. The molecule has 2 heterocycles. The van der Waals surface area contributed by atoms with Crippen LogP contribution in [0.25, 0.3) is 0 Å². The molecule has 28 heavy (non-hydrogen) atoms. The molecule has 1 aliphatic heterocycles. The van der Waals surface area contributed by atoms with E-state index in [1.165, 1.54) is 52.1 Å². The van der Waals surface area contributed by atoms with Crippen LogP contribution in [-0.2, 0) is 14.1 Å². The fraction of sp³-hybridized carbons (Fsp3) is 0.474. The van der Waals surface area contributed by atoms with Gasteiger partial charge in [-0.15, -0.1) is 0 Å². The summed E-state index contributed by atoms with van der Waals surface area (Å²) in [6, 6.07) is 8.09. The van der Waals surface area contributed by atoms with Crippen molar-refractivity contribution in [2.24, 2.45) is 14.1 Å². The third-order valence-electron chi connectivity index (χ3n) is 5.31. The first-order valence-corrected chi connectivity index (χ1v) is 8.75. The molecule has 1 aliphatic rings. The number of rotatable bonds is 3. The van der Waals surface area contributed by atoms with Gasteiger partial charge in [-0.3, -0.25) is 23.7 Å². The van der Waals surface area contributed by atoms with Crippen molar-refractivity contribution >= 4 is 0 Å². The highest BCUT2D eigenvalue weighted by Gasteiger charge is 2.69. The smallest absolute Gasteiger partial charge is 0.333 e. The van der Waals surface area contributed by atoms with Gasteiger partial charge in [0.25, 0.3) is 11.4 Å². The Morgan fingerprint density at radius 2 is 1.50 bits per heavy atom. The Morgan fingerprint density at radius 1 is 0.964 bits per heavy atom. The Morgan fingerprint density at radius 3 is 2.00 bits per heavy atom. The second kappa shape index (κ2) is 6.52. The zero-order valence-corrected chi connectivity index (χ0v) is 16.7. The fourth-order valence-electron chi connectivity index (χ4n) is 3.99. The highest BCUT2D eigenvalue weighted by Crippen LogP contribution is 2.53. The molecule has 9 heteroatoms. The lowest BCUT2D eigenvalue weighted by molar-refractivity contribution is -0.307. The van der Waals surface area contributed by atoms with Crippen molar-refractivity contribution in [1.29, 1.82) is 0 Å². The van der Waals surface area contributed by atoms with Crippen LogP contribution in [0.15, 0.2) is 39.9 Å². The summed E-state index contributed by atoms with van der Waals surface area (Å²) >= 11 is 0. The van der Waals surface area contributed by atoms with E-state index in [2.05, 4.69) is 0 Å². The minimum absolute atomic E-state index is 0.157. The van der Waals surface area contributed by atoms with E-state index in [4.69, 9.17) is 4.74 Å². The molecule has 0 amide bonds. The number of fused-ring (bicyclic) bond motifs is 1. The molecule has 2 aromatic rings. The molecule has 152 valence electrons. The molecule has 0 fully saturated rings. The summed E-state index contributed by atoms with van der Waals surface area (Å²) in [7, 11) is 8.56. The van der Waals surface area contributed by atoms with Crippen LogP contribution in [0.5, 0.6) is 5.88 Å². The van der Waals surface area contributed by atoms with Crippen LogP contribution in [-0.4, -0.2) is 58.9 Å². The number of hydrogen-bond donors (Lipinski definition) is 0. The minimum Gasteiger partial charge on any atom is -0.436 e. The summed E-state index contributed by atoms with van der Waals surface area (Å²) in [6.07, 6.45) is 0. The van der Waals surface area contributed by atoms with E-state index in [0.29, 0.717) is 0 Å². The van der Waals surface area contributed by atoms with Gasteiger partial charge in [-0.1, -0.05) is 30.3 Å². The predicted octanol–water partition coefficient (Wildman–Crippen LogP) is 1.02. The molecule has 0 radical (unpaired) electrons. The summed E-state index contributed by atoms with van der Waals surface area (Å²) in [5, 5.41) is 0. The molecule has 0 bridgehead atoms. The summed E-state index contributed by atoms with van der Waals surface area (Å²) in [4.78, 5) is 27.9. The van der Waals surface area contributed by atoms with Crippen LogP contribution in [0.1, 0.15) is 17.0 Å². The molecule has 1 aromatic heterocycles. The highest BCUT2D eigenvalue weighted by molar-refractivity contribution is 5.43. The molecule has 0 saturated carbocycles. The van der Waals surface area contributed by atoms with Gasteiger partial charge in [-0.05, 0) is 33.8 Å². The lowest BCUT2D eigenvalue weighted by Gasteiger charge is -2.53. The number of ether oxygens (including phenoxy) is 1. The number of aromatic nitrogens is 2. The first kappa shape index (κ1) is 20.2. The van der Waals surface area contributed by atoms with Crippen molar-refractivity contribution in [1.82, 2.24) is 18.9 Å². The van der Waals surface area contributed by atoms with Gasteiger partial charge >= 0.3 is 11.6 Å². The van der Waals surface area contributed by atoms with Gasteiger partial charge in [-0.2, -0.15) is 8.78 Å². The second-order valence-electron chi connectivity index (χ2n) is 7.39. The maximum Gasteiger partial charge on any atom is 0.333 e. The molecule has 0 saturated heterocycles. The van der Waals surface area contributed by atoms with Gasteiger partial charge < -0.3 is 4.74 Å². The lowest BCUT2D eigenvalue weighted by atomic mass is 9.81. The van der Waals surface area contributed by atoms with Crippen LogP contribution in [0.3, 0.4) is 0 Å². The van der Waals surface area contributed by atoms with Crippen molar-refractivity contribution < 1.29 is 13.5 Å². The van der Waals surface area contributed by atoms with E-state index < -0.39 is 28.9 Å². The van der Waals surface area contributed by atoms with Crippen LogP contribution >= 0.6 is 0 Å². The minimum atomic E-state index is -3.53. The van der Waals surface area contributed by atoms with Gasteiger partial charge in [0.05, 0.1) is 11.5 Å². The molecule has 1 aromatic carbocycles. The number of hydrogen-bond acceptors (Lipinski definition) is 5. The number of halogens is 2. The van der Waals surface area contributed by atoms with E-state index in [-0.39, 0.29) is 17.0 Å². The molecule has 0 N–H and O–H groups in total. The SMILES string of the molecule is CN(C)C1(N(C)C)Oc2c(c(=O)n(C)c(=O)n2C)C(c2ccccc2)C1(F)F. The number of benzene rings is 1. The van der Waals surface area contributed by atoms with Gasteiger partial charge in [0, 0.05) is 14.1 Å². The van der Waals surface area contributed by atoms with Crippen LogP contribution in [0.2, 0.25) is 0 Å². The number of alkyl halides is 2. The van der Waals surface area contributed by atoms with E-state index in [1.807, 2.05) is 0 Å². The van der Waals surface area contributed by atoms with Crippen molar-refractivity contribution in [2.45, 2.75) is 17.7 Å². The van der Waals surface area contributed by atoms with Crippen molar-refractivity contribution in [3.63, 3.8) is 0 Å². The first-order valence-electron chi connectivity index (χ1n) is 8.75. The summed E-state index contributed by atoms with van der Waals surface area (Å²) < 4.78 is 40.0. The molecular formula is C19H24F2N4O3. The van der Waals surface area contributed by atoms with Crippen LogP contribution in [0, 0.1) is 0 Å². The average molecular weight is 394 g/mol. The molecule has 1 unspecified atom stereocenters. The molecule has 0 aliphatic carbocycles. The summed E-state index contributed by atoms with van der Waals surface area (Å²) in [5.74, 6) is -7.50. The van der Waals surface area contributed by atoms with Gasteiger partial charge in [-0.25, -0.2) is 4.79 Å². The van der Waals surface area contributed by atoms with Crippen LogP contribution in [0.4, 0.5) is 8.78 Å². The summed E-state index contributed by atoms with van der Waals surface area (Å²) in [5.41, 5.74) is -1.41. The standard InChI is InChI=1S/C19H24F2N4O3/c1-22(2)19(23(3)4)18(20,21)14(12-10-8-7-9-11-12)13-15(26)24(5)17(27)25(6)16(13)28-19/h7-11,14H,1-6H3. The van der Waals surface area contributed by atoms with Gasteiger partial charge in [0.2, 0.25) is 5.88 Å². The van der Waals surface area contributed by atoms with Crippen molar-refractivity contribution in [2.75, 3.05) is 28.2 Å². The topological polar surface area (TPSA) is 59.7 Å². The normalized spacial score (nSPS) is 20.1. The van der Waals surface area contributed by atoms with Gasteiger partial charge in [0.15, 0.2) is 0 Å². The van der Waals surface area contributed by atoms with E-state index >= 15 is 8.78 Å². The second-order valence-corrected chi connectivity index (χ2v) is 7.39. The maximum absolute atomic E-state index is 16.2.